The fourth-order valence-corrected chi connectivity index (χ4v) is 6.93. The van der Waals surface area contributed by atoms with Gasteiger partial charge in [0.05, 0.1) is 22.0 Å². The number of aliphatic hydroxyl groups is 1. The smallest absolute Gasteiger partial charge is 0.243 e. The van der Waals surface area contributed by atoms with Crippen molar-refractivity contribution in [2.24, 2.45) is 0 Å². The summed E-state index contributed by atoms with van der Waals surface area (Å²) in [5, 5.41) is 13.6. The van der Waals surface area contributed by atoms with E-state index in [-0.39, 0.29) is 23.1 Å². The molecule has 2 aliphatic rings. The lowest BCUT2D eigenvalue weighted by molar-refractivity contribution is -0.0312. The molecule has 2 aromatic rings. The average Bonchev–Trinajstić information content (AvgIpc) is 3.23. The van der Waals surface area contributed by atoms with E-state index in [0.717, 1.165) is 18.2 Å². The molecule has 0 aliphatic carbocycles. The number of rotatable bonds is 9. The third kappa shape index (κ3) is 6.45. The maximum absolute atomic E-state index is 13.0. The first-order valence-electron chi connectivity index (χ1n) is 12.0. The minimum absolute atomic E-state index is 0.0186. The molecule has 0 aromatic heterocycles. The summed E-state index contributed by atoms with van der Waals surface area (Å²) in [5.74, 6) is 0.382. The largest absolute Gasteiger partial charge is 0.491 e. The van der Waals surface area contributed by atoms with E-state index in [0.29, 0.717) is 49.7 Å². The van der Waals surface area contributed by atoms with Crippen LogP contribution in [0.15, 0.2) is 58.3 Å². The van der Waals surface area contributed by atoms with Crippen LogP contribution in [0.5, 0.6) is 5.75 Å². The maximum atomic E-state index is 13.0. The average molecular weight is 539 g/mol. The summed E-state index contributed by atoms with van der Waals surface area (Å²) in [7, 11) is -6.86. The van der Waals surface area contributed by atoms with Gasteiger partial charge >= 0.3 is 0 Å². The predicted molar refractivity (Wildman–Crippen MR) is 135 cm³/mol. The van der Waals surface area contributed by atoms with Gasteiger partial charge in [-0.2, -0.15) is 4.31 Å². The van der Waals surface area contributed by atoms with E-state index in [1.54, 1.807) is 30.3 Å². The first kappa shape index (κ1) is 27.0. The normalized spacial score (nSPS) is 21.5. The first-order valence-corrected chi connectivity index (χ1v) is 15.4. The Morgan fingerprint density at radius 3 is 2.50 bits per heavy atom. The fraction of sp³-hybridized carbons (Fsp3) is 0.520. The number of sulfone groups is 1. The van der Waals surface area contributed by atoms with Crippen LogP contribution >= 0.6 is 0 Å². The number of aryl methyl sites for hydroxylation is 1. The van der Waals surface area contributed by atoms with Crippen LogP contribution in [0.25, 0.3) is 0 Å². The molecule has 11 heteroatoms. The van der Waals surface area contributed by atoms with Crippen LogP contribution < -0.4 is 10.1 Å². The Kier molecular flexibility index (Phi) is 8.08. The third-order valence-corrected chi connectivity index (χ3v) is 9.79. The lowest BCUT2D eigenvalue weighted by Crippen LogP contribution is -2.47. The molecule has 0 radical (unpaired) electrons. The molecule has 2 aliphatic heterocycles. The highest BCUT2D eigenvalue weighted by atomic mass is 32.2. The second-order valence-electron chi connectivity index (χ2n) is 9.74. The Morgan fingerprint density at radius 2 is 1.81 bits per heavy atom. The molecule has 198 valence electrons. The molecule has 2 fully saturated rings. The first-order chi connectivity index (χ1) is 17.0. The van der Waals surface area contributed by atoms with Crippen LogP contribution in [0.4, 0.5) is 0 Å². The lowest BCUT2D eigenvalue weighted by atomic mass is 9.88. The van der Waals surface area contributed by atoms with E-state index >= 15 is 0 Å². The number of piperidine rings is 1. The van der Waals surface area contributed by atoms with Gasteiger partial charge in [-0.05, 0) is 62.1 Å². The van der Waals surface area contributed by atoms with E-state index in [9.17, 15) is 21.9 Å². The number of nitrogens with one attached hydrogen (secondary N) is 1. The highest BCUT2D eigenvalue weighted by Crippen LogP contribution is 2.37. The Bertz CT molecular complexity index is 1270. The molecule has 2 heterocycles. The van der Waals surface area contributed by atoms with Crippen molar-refractivity contribution in [2.45, 2.75) is 53.7 Å². The number of nitrogens with zero attached hydrogens (tertiary/aromatic N) is 1. The summed E-state index contributed by atoms with van der Waals surface area (Å²) >= 11 is 0. The molecule has 0 amide bonds. The van der Waals surface area contributed by atoms with Gasteiger partial charge in [-0.25, -0.2) is 16.8 Å². The summed E-state index contributed by atoms with van der Waals surface area (Å²) in [6.45, 7) is 3.50. The van der Waals surface area contributed by atoms with Crippen molar-refractivity contribution in [1.82, 2.24) is 9.62 Å². The summed E-state index contributed by atoms with van der Waals surface area (Å²) < 4.78 is 62.6. The van der Waals surface area contributed by atoms with Gasteiger partial charge in [-0.3, -0.25) is 0 Å². The van der Waals surface area contributed by atoms with Gasteiger partial charge in [0.1, 0.15) is 18.5 Å². The van der Waals surface area contributed by atoms with E-state index in [2.05, 4.69) is 5.32 Å². The molecule has 36 heavy (non-hydrogen) atoms. The Hall–Kier alpha value is -2.02. The minimum atomic E-state index is -3.52. The third-order valence-electron chi connectivity index (χ3n) is 6.79. The number of hydrogen-bond acceptors (Lipinski definition) is 8. The zero-order chi connectivity index (χ0) is 26.0. The summed E-state index contributed by atoms with van der Waals surface area (Å²) in [6, 6.07) is 13.2. The van der Waals surface area contributed by atoms with Gasteiger partial charge in [0.2, 0.25) is 10.0 Å². The summed E-state index contributed by atoms with van der Waals surface area (Å²) in [5.41, 5.74) is 0.553. The maximum Gasteiger partial charge on any atom is 0.243 e. The van der Waals surface area contributed by atoms with Crippen LogP contribution in [-0.2, 0) is 24.6 Å². The second kappa shape index (κ2) is 10.8. The van der Waals surface area contributed by atoms with Crippen molar-refractivity contribution in [1.29, 1.82) is 0 Å². The number of ether oxygens (including phenoxy) is 2. The molecular weight excluding hydrogens is 504 g/mol. The second-order valence-corrected chi connectivity index (χ2v) is 13.7. The molecule has 4 rings (SSSR count). The van der Waals surface area contributed by atoms with Crippen LogP contribution in [0, 0.1) is 6.92 Å². The summed E-state index contributed by atoms with van der Waals surface area (Å²) in [6.07, 6.45) is 2.34. The van der Waals surface area contributed by atoms with Crippen LogP contribution in [0.2, 0.25) is 0 Å². The number of benzene rings is 2. The van der Waals surface area contributed by atoms with Crippen molar-refractivity contribution >= 4 is 19.9 Å². The Balaban J connectivity index is 1.23. The predicted octanol–water partition coefficient (Wildman–Crippen LogP) is 1.74. The lowest BCUT2D eigenvalue weighted by Gasteiger charge is -2.38. The van der Waals surface area contributed by atoms with Gasteiger partial charge < -0.3 is 19.9 Å². The molecule has 9 nitrogen and oxygen atoms in total. The Labute approximate surface area is 213 Å². The van der Waals surface area contributed by atoms with E-state index < -0.39 is 26.0 Å². The van der Waals surface area contributed by atoms with Crippen molar-refractivity contribution in [2.75, 3.05) is 39.1 Å². The van der Waals surface area contributed by atoms with Crippen molar-refractivity contribution in [3.05, 3.63) is 54.1 Å². The monoisotopic (exact) mass is 538 g/mol. The molecule has 2 aromatic carbocycles. The zero-order valence-corrected chi connectivity index (χ0v) is 22.2. The zero-order valence-electron chi connectivity index (χ0n) is 20.6. The molecule has 2 saturated heterocycles. The highest BCUT2D eigenvalue weighted by molar-refractivity contribution is 7.90. The number of sulfonamides is 1. The molecule has 2 N–H and O–H groups in total. The van der Waals surface area contributed by atoms with Crippen LogP contribution in [-0.4, -0.2) is 83.1 Å². The number of hydrogen-bond donors (Lipinski definition) is 2. The van der Waals surface area contributed by atoms with E-state index in [1.807, 2.05) is 13.0 Å². The van der Waals surface area contributed by atoms with Crippen molar-refractivity contribution in [3.63, 3.8) is 0 Å². The molecule has 0 bridgehead atoms. The van der Waals surface area contributed by atoms with Crippen LogP contribution in [0.3, 0.4) is 0 Å². The van der Waals surface area contributed by atoms with E-state index in [4.69, 9.17) is 9.47 Å². The standard InChI is InChI=1S/C25H34N2O7S2/c1-19-5-3-8-24(13-19)36(31,32)27-11-9-25(10-12-27)15-20(17-34-25)26-16-21(28)18-33-22-6-4-7-23(14-22)35(2,29)30/h3-8,13-14,20-21,26,28H,9-12,15-18H2,1-2H3/t20?,21-/m0/s1. The van der Waals surface area contributed by atoms with Crippen LogP contribution in [0.1, 0.15) is 24.8 Å². The highest BCUT2D eigenvalue weighted by Gasteiger charge is 2.44. The van der Waals surface area contributed by atoms with E-state index in [1.165, 1.54) is 16.4 Å². The number of aliphatic hydroxyl groups excluding tert-OH is 1. The molecule has 0 saturated carbocycles. The summed E-state index contributed by atoms with van der Waals surface area (Å²) in [4.78, 5) is 0.489. The van der Waals surface area contributed by atoms with Gasteiger partial charge in [0.25, 0.3) is 0 Å². The molecule has 1 spiro atoms. The van der Waals surface area contributed by atoms with Gasteiger partial charge in [-0.15, -0.1) is 0 Å². The topological polar surface area (TPSA) is 122 Å². The van der Waals surface area contributed by atoms with Crippen molar-refractivity contribution < 1.29 is 31.4 Å². The van der Waals surface area contributed by atoms with Crippen molar-refractivity contribution in [3.8, 4) is 5.75 Å². The molecule has 1 unspecified atom stereocenters. The Morgan fingerprint density at radius 1 is 1.11 bits per heavy atom. The van der Waals surface area contributed by atoms with Gasteiger partial charge in [0.15, 0.2) is 9.84 Å². The van der Waals surface area contributed by atoms with Gasteiger partial charge in [0, 0.05) is 31.9 Å². The molecule has 2 atom stereocenters. The fourth-order valence-electron chi connectivity index (χ4n) is 4.73. The SMILES string of the molecule is Cc1cccc(S(=O)(=O)N2CCC3(CC2)CC(NC[C@H](O)COc2cccc(S(C)(=O)=O)c2)CO3)c1. The van der Waals surface area contributed by atoms with Gasteiger partial charge in [-0.1, -0.05) is 18.2 Å². The quantitative estimate of drug-likeness (QED) is 0.495. The molecular formula is C25H34N2O7S2. The minimum Gasteiger partial charge on any atom is -0.491 e.